The highest BCUT2D eigenvalue weighted by Gasteiger charge is 2.24. The Balaban J connectivity index is 2.65. The van der Waals surface area contributed by atoms with Gasteiger partial charge in [0, 0.05) is 25.9 Å². The molecule has 0 aliphatic heterocycles. The number of nitrogens with zero attached hydrogens (tertiary/aromatic N) is 1. The summed E-state index contributed by atoms with van der Waals surface area (Å²) < 4.78 is 26.9. The zero-order valence-electron chi connectivity index (χ0n) is 17.9. The average molecular weight is 401 g/mol. The third kappa shape index (κ3) is 4.56. The van der Waals surface area contributed by atoms with E-state index in [0.717, 1.165) is 0 Å². The molecule has 0 saturated heterocycles. The minimum atomic E-state index is -0.233. The number of methoxy groups -OCH3 is 5. The number of carbonyl (C=O) groups is 1. The van der Waals surface area contributed by atoms with Crippen molar-refractivity contribution in [1.82, 2.24) is 4.90 Å². The molecule has 0 unspecified atom stereocenters. The molecular weight excluding hydrogens is 374 g/mol. The Kier molecular flexibility index (Phi) is 7.36. The van der Waals surface area contributed by atoms with Gasteiger partial charge in [0.1, 0.15) is 0 Å². The minimum Gasteiger partial charge on any atom is -0.493 e. The highest BCUT2D eigenvalue weighted by Crippen LogP contribution is 2.41. The number of carbonyl (C=O) groups excluding carboxylic acids is 1. The molecule has 2 aromatic carbocycles. The molecular formula is C22H27NO6. The van der Waals surface area contributed by atoms with E-state index in [-0.39, 0.29) is 5.78 Å². The first-order valence-corrected chi connectivity index (χ1v) is 8.86. The number of hydrogen-bond donors (Lipinski definition) is 0. The first-order valence-electron chi connectivity index (χ1n) is 8.86. The molecule has 0 heterocycles. The molecule has 0 amide bonds. The van der Waals surface area contributed by atoms with Gasteiger partial charge in [-0.15, -0.1) is 0 Å². The van der Waals surface area contributed by atoms with E-state index < -0.39 is 0 Å². The molecule has 0 spiro atoms. The number of Topliss-reactive ketones (excluding diaryl/α,β-unsaturated/α-hetero) is 1. The zero-order valence-corrected chi connectivity index (χ0v) is 17.9. The molecule has 156 valence electrons. The Morgan fingerprint density at radius 3 is 1.86 bits per heavy atom. The van der Waals surface area contributed by atoms with Crippen molar-refractivity contribution in [3.05, 3.63) is 47.7 Å². The maximum absolute atomic E-state index is 13.5. The standard InChI is InChI=1S/C22H27NO6/c1-23(2)13-16(14-8-10-17(25-3)19(12-14)27-5)20(24)15-9-11-18(26-4)22(29-7)21(15)28-6/h8-13H,1-7H3/b16-13+. The van der Waals surface area contributed by atoms with Crippen molar-refractivity contribution in [2.75, 3.05) is 49.6 Å². The first-order chi connectivity index (χ1) is 13.9. The highest BCUT2D eigenvalue weighted by atomic mass is 16.5. The van der Waals surface area contributed by atoms with Crippen molar-refractivity contribution in [3.8, 4) is 28.7 Å². The van der Waals surface area contributed by atoms with E-state index in [4.69, 9.17) is 23.7 Å². The summed E-state index contributed by atoms with van der Waals surface area (Å²) in [4.78, 5) is 15.3. The fourth-order valence-corrected chi connectivity index (χ4v) is 2.95. The van der Waals surface area contributed by atoms with E-state index >= 15 is 0 Å². The van der Waals surface area contributed by atoms with Crippen molar-refractivity contribution >= 4 is 11.4 Å². The van der Waals surface area contributed by atoms with E-state index in [1.165, 1.54) is 21.3 Å². The van der Waals surface area contributed by atoms with Gasteiger partial charge in [0.15, 0.2) is 28.8 Å². The van der Waals surface area contributed by atoms with Gasteiger partial charge in [-0.3, -0.25) is 4.79 Å². The van der Waals surface area contributed by atoms with Gasteiger partial charge in [-0.25, -0.2) is 0 Å². The Morgan fingerprint density at radius 1 is 0.759 bits per heavy atom. The van der Waals surface area contributed by atoms with Crippen molar-refractivity contribution in [3.63, 3.8) is 0 Å². The molecule has 0 radical (unpaired) electrons. The number of rotatable bonds is 9. The number of ether oxygens (including phenoxy) is 5. The number of benzene rings is 2. The van der Waals surface area contributed by atoms with Crippen molar-refractivity contribution in [2.24, 2.45) is 0 Å². The second kappa shape index (κ2) is 9.73. The van der Waals surface area contributed by atoms with E-state index in [1.807, 2.05) is 20.2 Å². The lowest BCUT2D eigenvalue weighted by atomic mass is 9.96. The molecule has 29 heavy (non-hydrogen) atoms. The van der Waals surface area contributed by atoms with Crippen LogP contribution in [0, 0.1) is 0 Å². The van der Waals surface area contributed by atoms with Crippen LogP contribution in [-0.2, 0) is 0 Å². The van der Waals surface area contributed by atoms with Gasteiger partial charge >= 0.3 is 0 Å². The van der Waals surface area contributed by atoms with Crippen molar-refractivity contribution in [1.29, 1.82) is 0 Å². The lowest BCUT2D eigenvalue weighted by Gasteiger charge is -2.18. The highest BCUT2D eigenvalue weighted by molar-refractivity contribution is 6.30. The smallest absolute Gasteiger partial charge is 0.204 e. The fraction of sp³-hybridized carbons (Fsp3) is 0.318. The fourth-order valence-electron chi connectivity index (χ4n) is 2.95. The van der Waals surface area contributed by atoms with Gasteiger partial charge in [-0.05, 0) is 29.8 Å². The molecule has 0 fully saturated rings. The summed E-state index contributed by atoms with van der Waals surface area (Å²) >= 11 is 0. The van der Waals surface area contributed by atoms with Crippen LogP contribution in [0.25, 0.3) is 5.57 Å². The van der Waals surface area contributed by atoms with Crippen LogP contribution in [0.4, 0.5) is 0 Å². The molecule has 7 nitrogen and oxygen atoms in total. The molecule has 0 atom stereocenters. The van der Waals surface area contributed by atoms with E-state index in [9.17, 15) is 4.79 Å². The third-order valence-corrected chi connectivity index (χ3v) is 4.28. The largest absolute Gasteiger partial charge is 0.493 e. The molecule has 0 bridgehead atoms. The Morgan fingerprint density at radius 2 is 1.34 bits per heavy atom. The summed E-state index contributed by atoms with van der Waals surface area (Å²) in [5.41, 5.74) is 1.49. The first kappa shape index (κ1) is 21.9. The summed E-state index contributed by atoms with van der Waals surface area (Å²) in [6.45, 7) is 0. The van der Waals surface area contributed by atoms with Gasteiger partial charge in [0.25, 0.3) is 0 Å². The monoisotopic (exact) mass is 401 g/mol. The predicted molar refractivity (Wildman–Crippen MR) is 112 cm³/mol. The second-order valence-electron chi connectivity index (χ2n) is 6.29. The molecule has 2 rings (SSSR count). The summed E-state index contributed by atoms with van der Waals surface area (Å²) in [6.07, 6.45) is 1.75. The maximum atomic E-state index is 13.5. The van der Waals surface area contributed by atoms with Crippen LogP contribution in [-0.4, -0.2) is 60.3 Å². The number of hydrogen-bond acceptors (Lipinski definition) is 7. The van der Waals surface area contributed by atoms with E-state index in [0.29, 0.717) is 45.4 Å². The van der Waals surface area contributed by atoms with Crippen LogP contribution in [0.1, 0.15) is 15.9 Å². The number of allylic oxidation sites excluding steroid dienone is 1. The van der Waals surface area contributed by atoms with E-state index in [2.05, 4.69) is 0 Å². The molecule has 0 aliphatic carbocycles. The van der Waals surface area contributed by atoms with Gasteiger partial charge in [-0.2, -0.15) is 0 Å². The van der Waals surface area contributed by atoms with Crippen molar-refractivity contribution < 1.29 is 28.5 Å². The quantitative estimate of drug-likeness (QED) is 0.470. The molecule has 2 aromatic rings. The normalized spacial score (nSPS) is 10.9. The summed E-state index contributed by atoms with van der Waals surface area (Å²) in [5.74, 6) is 2.02. The van der Waals surface area contributed by atoms with Crippen LogP contribution < -0.4 is 23.7 Å². The van der Waals surface area contributed by atoms with Gasteiger partial charge in [0.2, 0.25) is 5.75 Å². The molecule has 0 N–H and O–H groups in total. The van der Waals surface area contributed by atoms with E-state index in [1.54, 1.807) is 49.6 Å². The molecule has 0 aromatic heterocycles. The SMILES string of the molecule is COc1ccc(/C(=C\N(C)C)C(=O)c2ccc(OC)c(OC)c2OC)cc1OC. The Bertz CT molecular complexity index is 904. The summed E-state index contributed by atoms with van der Waals surface area (Å²) in [7, 11) is 11.3. The Hall–Kier alpha value is -3.35. The molecule has 0 aliphatic rings. The van der Waals surface area contributed by atoms with Crippen LogP contribution in [0.15, 0.2) is 36.5 Å². The molecule has 0 saturated carbocycles. The summed E-state index contributed by atoms with van der Waals surface area (Å²) in [6, 6.07) is 8.67. The van der Waals surface area contributed by atoms with Crippen LogP contribution in [0.2, 0.25) is 0 Å². The zero-order chi connectivity index (χ0) is 21.6. The average Bonchev–Trinajstić information content (AvgIpc) is 2.74. The second-order valence-corrected chi connectivity index (χ2v) is 6.29. The maximum Gasteiger partial charge on any atom is 0.204 e. The third-order valence-electron chi connectivity index (χ3n) is 4.28. The number of ketones is 1. The van der Waals surface area contributed by atoms with Gasteiger partial charge in [-0.1, -0.05) is 6.07 Å². The van der Waals surface area contributed by atoms with Crippen molar-refractivity contribution in [2.45, 2.75) is 0 Å². The summed E-state index contributed by atoms with van der Waals surface area (Å²) in [5, 5.41) is 0. The van der Waals surface area contributed by atoms with Crippen LogP contribution in [0.5, 0.6) is 28.7 Å². The Labute approximate surface area is 171 Å². The lowest BCUT2D eigenvalue weighted by molar-refractivity contribution is 0.105. The molecule has 7 heteroatoms. The van der Waals surface area contributed by atoms with Gasteiger partial charge in [0.05, 0.1) is 41.1 Å². The van der Waals surface area contributed by atoms with Gasteiger partial charge < -0.3 is 28.6 Å². The van der Waals surface area contributed by atoms with Crippen LogP contribution in [0.3, 0.4) is 0 Å². The topological polar surface area (TPSA) is 66.5 Å². The lowest BCUT2D eigenvalue weighted by Crippen LogP contribution is -2.11. The predicted octanol–water partition coefficient (Wildman–Crippen LogP) is 3.52. The van der Waals surface area contributed by atoms with Crippen LogP contribution >= 0.6 is 0 Å². The minimum absolute atomic E-state index is 0.233.